The molecule has 3 aromatic carbocycles. The Morgan fingerprint density at radius 1 is 0.912 bits per heavy atom. The number of benzene rings is 3. The Labute approximate surface area is 197 Å². The molecule has 34 heavy (non-hydrogen) atoms. The fourth-order valence-electron chi connectivity index (χ4n) is 4.60. The van der Waals surface area contributed by atoms with E-state index >= 15 is 0 Å². The molecule has 0 spiro atoms. The number of ether oxygens (including phenoxy) is 1. The molecule has 1 aliphatic rings. The monoisotopic (exact) mass is 452 g/mol. The summed E-state index contributed by atoms with van der Waals surface area (Å²) in [5.41, 5.74) is 4.22. The molecule has 0 saturated carbocycles. The Morgan fingerprint density at radius 2 is 1.53 bits per heavy atom. The molecule has 0 fully saturated rings. The molecule has 0 saturated heterocycles. The zero-order valence-corrected chi connectivity index (χ0v) is 18.7. The van der Waals surface area contributed by atoms with Crippen LogP contribution in [0.3, 0.4) is 0 Å². The third-order valence-corrected chi connectivity index (χ3v) is 6.38. The highest BCUT2D eigenvalue weighted by Crippen LogP contribution is 2.44. The predicted molar refractivity (Wildman–Crippen MR) is 130 cm³/mol. The Morgan fingerprint density at radius 3 is 2.21 bits per heavy atom. The second-order valence-corrected chi connectivity index (χ2v) is 8.76. The summed E-state index contributed by atoms with van der Waals surface area (Å²) in [6.07, 6.45) is -0.746. The van der Waals surface area contributed by atoms with E-state index in [0.29, 0.717) is 5.69 Å². The van der Waals surface area contributed by atoms with Crippen LogP contribution in [0.4, 0.5) is 4.79 Å². The number of fused-ring (bicyclic) bond motifs is 4. The summed E-state index contributed by atoms with van der Waals surface area (Å²) in [5.74, 6) is -1.26. The van der Waals surface area contributed by atoms with Crippen molar-refractivity contribution in [2.75, 3.05) is 6.61 Å². The molecule has 6 heteroatoms. The Hall–Kier alpha value is -4.19. The smallest absolute Gasteiger partial charge is 0.408 e. The maximum Gasteiger partial charge on any atom is 0.408 e. The minimum atomic E-state index is -1.57. The first-order valence-corrected chi connectivity index (χ1v) is 11.2. The van der Waals surface area contributed by atoms with Crippen molar-refractivity contribution in [3.8, 4) is 11.1 Å². The van der Waals surface area contributed by atoms with E-state index < -0.39 is 17.6 Å². The van der Waals surface area contributed by atoms with E-state index in [4.69, 9.17) is 4.74 Å². The normalized spacial score (nSPS) is 14.1. The van der Waals surface area contributed by atoms with Gasteiger partial charge < -0.3 is 15.2 Å². The molecule has 1 aromatic heterocycles. The number of carbonyl (C=O) groups excluding carboxylic acids is 1. The van der Waals surface area contributed by atoms with Gasteiger partial charge in [-0.15, -0.1) is 0 Å². The average molecular weight is 453 g/mol. The van der Waals surface area contributed by atoms with Gasteiger partial charge in [0.1, 0.15) is 12.1 Å². The van der Waals surface area contributed by atoms with E-state index in [-0.39, 0.29) is 18.9 Å². The van der Waals surface area contributed by atoms with Crippen LogP contribution >= 0.6 is 0 Å². The number of carboxylic acids is 1. The first-order chi connectivity index (χ1) is 16.4. The first-order valence-electron chi connectivity index (χ1n) is 11.2. The number of alkyl carbamates (subject to hydrolysis) is 1. The maximum absolute atomic E-state index is 12.7. The number of nitrogens with one attached hydrogen (secondary N) is 1. The molecule has 1 atom stereocenters. The third-order valence-electron chi connectivity index (χ3n) is 6.38. The SMILES string of the molecule is CC(Cc1ccc2ccccc2n1)(NC(=O)OCC1c2ccccc2-c2ccccc21)C(=O)O. The number of aromatic nitrogens is 1. The number of carboxylic acid groups (broad SMARTS) is 1. The fraction of sp³-hybridized carbons (Fsp3) is 0.179. The lowest BCUT2D eigenvalue weighted by atomic mass is 9.95. The lowest BCUT2D eigenvalue weighted by molar-refractivity contribution is -0.143. The van der Waals surface area contributed by atoms with Crippen LogP contribution in [0.15, 0.2) is 84.9 Å². The van der Waals surface area contributed by atoms with Gasteiger partial charge in [-0.1, -0.05) is 72.8 Å². The van der Waals surface area contributed by atoms with Gasteiger partial charge in [0.2, 0.25) is 0 Å². The van der Waals surface area contributed by atoms with Crippen LogP contribution in [0.1, 0.15) is 29.7 Å². The van der Waals surface area contributed by atoms with Crippen molar-refractivity contribution in [1.82, 2.24) is 10.3 Å². The maximum atomic E-state index is 12.7. The molecule has 6 nitrogen and oxygen atoms in total. The van der Waals surface area contributed by atoms with Crippen molar-refractivity contribution < 1.29 is 19.4 Å². The minimum Gasteiger partial charge on any atom is -0.480 e. The van der Waals surface area contributed by atoms with Gasteiger partial charge in [0.05, 0.1) is 5.52 Å². The molecule has 1 unspecified atom stereocenters. The quantitative estimate of drug-likeness (QED) is 0.422. The highest BCUT2D eigenvalue weighted by Gasteiger charge is 2.37. The van der Waals surface area contributed by atoms with E-state index in [9.17, 15) is 14.7 Å². The van der Waals surface area contributed by atoms with Crippen LogP contribution in [0.2, 0.25) is 0 Å². The Bertz CT molecular complexity index is 1350. The van der Waals surface area contributed by atoms with Crippen LogP contribution in [0, 0.1) is 0 Å². The van der Waals surface area contributed by atoms with Gasteiger partial charge in [-0.25, -0.2) is 9.59 Å². The van der Waals surface area contributed by atoms with Crippen molar-refractivity contribution in [3.63, 3.8) is 0 Å². The molecular weight excluding hydrogens is 428 g/mol. The summed E-state index contributed by atoms with van der Waals surface area (Å²) in [6.45, 7) is 1.58. The van der Waals surface area contributed by atoms with Crippen LogP contribution in [0.25, 0.3) is 22.0 Å². The van der Waals surface area contributed by atoms with Crippen molar-refractivity contribution >= 4 is 23.0 Å². The van der Waals surface area contributed by atoms with Crippen LogP contribution in [0.5, 0.6) is 0 Å². The van der Waals surface area contributed by atoms with Gasteiger partial charge in [0, 0.05) is 23.4 Å². The van der Waals surface area contributed by atoms with Crippen LogP contribution < -0.4 is 5.32 Å². The molecule has 4 aromatic rings. The predicted octanol–water partition coefficient (Wildman–Crippen LogP) is 5.16. The summed E-state index contributed by atoms with van der Waals surface area (Å²) in [6, 6.07) is 27.4. The van der Waals surface area contributed by atoms with E-state index in [1.807, 2.05) is 66.7 Å². The molecule has 5 rings (SSSR count). The van der Waals surface area contributed by atoms with Gasteiger partial charge in [-0.3, -0.25) is 4.98 Å². The molecule has 1 aliphatic carbocycles. The number of rotatable bonds is 6. The summed E-state index contributed by atoms with van der Waals surface area (Å²) in [7, 11) is 0. The fourth-order valence-corrected chi connectivity index (χ4v) is 4.60. The molecule has 0 aliphatic heterocycles. The standard InChI is InChI=1S/C28H24N2O4/c1-28(26(31)32,16-19-15-14-18-8-2-7-13-25(18)29-19)30-27(33)34-17-24-22-11-5-3-9-20(22)21-10-4-6-12-23(21)24/h2-15,24H,16-17H2,1H3,(H,30,33)(H,31,32). The molecule has 170 valence electrons. The van der Waals surface area contributed by atoms with E-state index in [1.54, 1.807) is 6.07 Å². The van der Waals surface area contributed by atoms with Crippen molar-refractivity contribution in [3.05, 3.63) is 102 Å². The van der Waals surface area contributed by atoms with Crippen molar-refractivity contribution in [2.45, 2.75) is 24.8 Å². The van der Waals surface area contributed by atoms with Crippen LogP contribution in [-0.4, -0.2) is 34.3 Å². The number of hydrogen-bond acceptors (Lipinski definition) is 4. The van der Waals surface area contributed by atoms with Crippen LogP contribution in [-0.2, 0) is 16.0 Å². The largest absolute Gasteiger partial charge is 0.480 e. The number of nitrogens with zero attached hydrogens (tertiary/aromatic N) is 1. The molecule has 0 radical (unpaired) electrons. The number of hydrogen-bond donors (Lipinski definition) is 2. The van der Waals surface area contributed by atoms with E-state index in [1.165, 1.54) is 6.92 Å². The second kappa shape index (κ2) is 8.63. The third kappa shape index (κ3) is 3.99. The van der Waals surface area contributed by atoms with Gasteiger partial charge in [-0.05, 0) is 41.3 Å². The molecule has 1 heterocycles. The van der Waals surface area contributed by atoms with E-state index in [0.717, 1.165) is 33.2 Å². The summed E-state index contributed by atoms with van der Waals surface area (Å²) >= 11 is 0. The van der Waals surface area contributed by atoms with Gasteiger partial charge >= 0.3 is 12.1 Å². The van der Waals surface area contributed by atoms with Crippen molar-refractivity contribution in [2.24, 2.45) is 0 Å². The number of para-hydroxylation sites is 1. The minimum absolute atomic E-state index is 0.0252. The summed E-state index contributed by atoms with van der Waals surface area (Å²) < 4.78 is 5.56. The lowest BCUT2D eigenvalue weighted by Gasteiger charge is -2.26. The summed E-state index contributed by atoms with van der Waals surface area (Å²) in [5, 5.41) is 13.4. The molecule has 2 N–H and O–H groups in total. The van der Waals surface area contributed by atoms with E-state index in [2.05, 4.69) is 22.4 Å². The molecular formula is C28H24N2O4. The zero-order chi connectivity index (χ0) is 23.7. The Kier molecular flexibility index (Phi) is 5.49. The number of aliphatic carboxylic acids is 1. The summed E-state index contributed by atoms with van der Waals surface area (Å²) in [4.78, 5) is 29.4. The number of carbonyl (C=O) groups is 2. The zero-order valence-electron chi connectivity index (χ0n) is 18.7. The Balaban J connectivity index is 1.31. The second-order valence-electron chi connectivity index (χ2n) is 8.76. The lowest BCUT2D eigenvalue weighted by Crippen LogP contribution is -2.54. The van der Waals surface area contributed by atoms with Gasteiger partial charge in [0.25, 0.3) is 0 Å². The first kappa shape index (κ1) is 21.6. The highest BCUT2D eigenvalue weighted by atomic mass is 16.5. The van der Waals surface area contributed by atoms with Crippen molar-refractivity contribution in [1.29, 1.82) is 0 Å². The molecule has 0 bridgehead atoms. The highest BCUT2D eigenvalue weighted by molar-refractivity contribution is 5.85. The van der Waals surface area contributed by atoms with Gasteiger partial charge in [0.15, 0.2) is 0 Å². The number of pyridine rings is 1. The molecule has 1 amide bonds. The van der Waals surface area contributed by atoms with Gasteiger partial charge in [-0.2, -0.15) is 0 Å². The average Bonchev–Trinajstić information content (AvgIpc) is 3.16. The topological polar surface area (TPSA) is 88.5 Å². The number of amides is 1.